The minimum Gasteiger partial charge on any atom is -0.497 e. The van der Waals surface area contributed by atoms with Crippen LogP contribution in [0.4, 0.5) is 0 Å². The number of aromatic amines is 1. The topological polar surface area (TPSA) is 49.9 Å². The Bertz CT molecular complexity index is 537. The van der Waals surface area contributed by atoms with Crippen LogP contribution in [0.3, 0.4) is 0 Å². The number of ether oxygens (including phenoxy) is 1. The molecule has 0 saturated heterocycles. The Morgan fingerprint density at radius 3 is 2.85 bits per heavy atom. The number of rotatable bonds is 8. The van der Waals surface area contributed by atoms with Crippen LogP contribution in [0.5, 0.6) is 5.75 Å². The van der Waals surface area contributed by atoms with Crippen molar-refractivity contribution >= 4 is 22.8 Å². The summed E-state index contributed by atoms with van der Waals surface area (Å²) in [7, 11) is 1.68. The molecule has 0 amide bonds. The molecular weight excluding hydrogens is 270 g/mol. The van der Waals surface area contributed by atoms with Crippen LogP contribution in [0, 0.1) is 0 Å². The fourth-order valence-corrected chi connectivity index (χ4v) is 2.91. The second-order valence-corrected chi connectivity index (χ2v) is 5.82. The van der Waals surface area contributed by atoms with Crippen molar-refractivity contribution < 1.29 is 4.74 Å². The van der Waals surface area contributed by atoms with Gasteiger partial charge in [0.1, 0.15) is 5.75 Å². The second kappa shape index (κ2) is 7.55. The monoisotopic (exact) mass is 293 g/mol. The highest BCUT2D eigenvalue weighted by Gasteiger charge is 2.05. The predicted molar refractivity (Wildman–Crippen MR) is 85.7 cm³/mol. The van der Waals surface area contributed by atoms with Gasteiger partial charge in [0.05, 0.1) is 18.1 Å². The van der Waals surface area contributed by atoms with E-state index in [1.807, 2.05) is 18.2 Å². The average molecular weight is 293 g/mol. The van der Waals surface area contributed by atoms with Gasteiger partial charge in [-0.1, -0.05) is 25.6 Å². The molecule has 0 bridgehead atoms. The van der Waals surface area contributed by atoms with Crippen molar-refractivity contribution in [3.05, 3.63) is 18.2 Å². The zero-order valence-electron chi connectivity index (χ0n) is 12.4. The normalized spacial score (nSPS) is 11.4. The summed E-state index contributed by atoms with van der Waals surface area (Å²) in [4.78, 5) is 7.90. The van der Waals surface area contributed by atoms with Gasteiger partial charge in [0.2, 0.25) is 0 Å². The van der Waals surface area contributed by atoms with Gasteiger partial charge in [-0.3, -0.25) is 0 Å². The van der Waals surface area contributed by atoms with Crippen LogP contribution in [0.2, 0.25) is 0 Å². The van der Waals surface area contributed by atoms with Gasteiger partial charge in [-0.2, -0.15) is 0 Å². The van der Waals surface area contributed by atoms with Crippen LogP contribution >= 0.6 is 11.8 Å². The SMILES string of the molecule is CCC(CC)NCCSc1nc2ccc(OC)cc2[nH]1. The number of hydrogen-bond donors (Lipinski definition) is 2. The first kappa shape index (κ1) is 15.2. The number of benzene rings is 1. The number of hydrogen-bond acceptors (Lipinski definition) is 4. The number of nitrogens with one attached hydrogen (secondary N) is 2. The molecule has 0 saturated carbocycles. The summed E-state index contributed by atoms with van der Waals surface area (Å²) in [6.07, 6.45) is 2.37. The van der Waals surface area contributed by atoms with Crippen LogP contribution < -0.4 is 10.1 Å². The predicted octanol–water partition coefficient (Wildman–Crippen LogP) is 3.44. The molecule has 1 aromatic heterocycles. The third-order valence-corrected chi connectivity index (χ3v) is 4.30. The van der Waals surface area contributed by atoms with E-state index >= 15 is 0 Å². The van der Waals surface area contributed by atoms with E-state index in [9.17, 15) is 0 Å². The van der Waals surface area contributed by atoms with Crippen LogP contribution in [-0.2, 0) is 0 Å². The summed E-state index contributed by atoms with van der Waals surface area (Å²) in [6, 6.07) is 6.54. The van der Waals surface area contributed by atoms with Gasteiger partial charge in [0, 0.05) is 24.4 Å². The van der Waals surface area contributed by atoms with Crippen molar-refractivity contribution in [2.45, 2.75) is 37.9 Å². The number of imidazole rings is 1. The molecule has 1 heterocycles. The molecular formula is C15H23N3OS. The first-order valence-corrected chi connectivity index (χ1v) is 8.15. The zero-order valence-corrected chi connectivity index (χ0v) is 13.2. The van der Waals surface area contributed by atoms with Crippen LogP contribution in [-0.4, -0.2) is 35.4 Å². The van der Waals surface area contributed by atoms with Crippen molar-refractivity contribution in [3.8, 4) is 5.75 Å². The molecule has 0 fully saturated rings. The highest BCUT2D eigenvalue weighted by molar-refractivity contribution is 7.99. The van der Waals surface area contributed by atoms with Crippen molar-refractivity contribution in [3.63, 3.8) is 0 Å². The number of methoxy groups -OCH3 is 1. The molecule has 0 radical (unpaired) electrons. The van der Waals surface area contributed by atoms with Crippen LogP contribution in [0.1, 0.15) is 26.7 Å². The highest BCUT2D eigenvalue weighted by atomic mass is 32.2. The summed E-state index contributed by atoms with van der Waals surface area (Å²) in [6.45, 7) is 5.46. The van der Waals surface area contributed by atoms with E-state index < -0.39 is 0 Å². The van der Waals surface area contributed by atoms with Gasteiger partial charge < -0.3 is 15.0 Å². The molecule has 0 atom stereocenters. The molecule has 5 heteroatoms. The Labute approximate surface area is 124 Å². The van der Waals surface area contributed by atoms with Gasteiger partial charge in [0.25, 0.3) is 0 Å². The average Bonchev–Trinajstić information content (AvgIpc) is 2.89. The number of aromatic nitrogens is 2. The minimum absolute atomic E-state index is 0.635. The molecule has 0 aliphatic carbocycles. The van der Waals surface area contributed by atoms with Crippen LogP contribution in [0.15, 0.2) is 23.4 Å². The Balaban J connectivity index is 1.87. The number of thioether (sulfide) groups is 1. The smallest absolute Gasteiger partial charge is 0.166 e. The summed E-state index contributed by atoms with van der Waals surface area (Å²) < 4.78 is 5.22. The highest BCUT2D eigenvalue weighted by Crippen LogP contribution is 2.22. The van der Waals surface area contributed by atoms with Gasteiger partial charge in [0.15, 0.2) is 5.16 Å². The Morgan fingerprint density at radius 2 is 2.15 bits per heavy atom. The van der Waals surface area contributed by atoms with E-state index in [0.717, 1.165) is 34.2 Å². The van der Waals surface area contributed by atoms with Gasteiger partial charge in [-0.25, -0.2) is 4.98 Å². The lowest BCUT2D eigenvalue weighted by atomic mass is 10.2. The first-order chi connectivity index (χ1) is 9.76. The largest absolute Gasteiger partial charge is 0.497 e. The maximum atomic E-state index is 5.22. The molecule has 0 aliphatic rings. The molecule has 4 nitrogen and oxygen atoms in total. The summed E-state index contributed by atoms with van der Waals surface area (Å²) in [5.41, 5.74) is 2.01. The van der Waals surface area contributed by atoms with Gasteiger partial charge >= 0.3 is 0 Å². The van der Waals surface area contributed by atoms with Gasteiger partial charge in [-0.05, 0) is 25.0 Å². The van der Waals surface area contributed by atoms with Gasteiger partial charge in [-0.15, -0.1) is 0 Å². The molecule has 2 rings (SSSR count). The van der Waals surface area contributed by atoms with Crippen molar-refractivity contribution in [2.75, 3.05) is 19.4 Å². The van der Waals surface area contributed by atoms with Crippen molar-refractivity contribution in [1.29, 1.82) is 0 Å². The fourth-order valence-electron chi connectivity index (χ4n) is 2.15. The molecule has 0 unspecified atom stereocenters. The maximum Gasteiger partial charge on any atom is 0.166 e. The molecule has 2 aromatic rings. The Hall–Kier alpha value is -1.20. The van der Waals surface area contributed by atoms with Crippen LogP contribution in [0.25, 0.3) is 11.0 Å². The van der Waals surface area contributed by atoms with E-state index in [1.165, 1.54) is 12.8 Å². The lowest BCUT2D eigenvalue weighted by molar-refractivity contribution is 0.415. The maximum absolute atomic E-state index is 5.22. The number of fused-ring (bicyclic) bond motifs is 1. The lowest BCUT2D eigenvalue weighted by Crippen LogP contribution is -2.29. The van der Waals surface area contributed by atoms with E-state index in [0.29, 0.717) is 6.04 Å². The van der Waals surface area contributed by atoms with E-state index in [1.54, 1.807) is 18.9 Å². The molecule has 0 aliphatic heterocycles. The molecule has 2 N–H and O–H groups in total. The first-order valence-electron chi connectivity index (χ1n) is 7.16. The number of nitrogens with zero attached hydrogens (tertiary/aromatic N) is 1. The minimum atomic E-state index is 0.635. The molecule has 1 aromatic carbocycles. The summed E-state index contributed by atoms with van der Waals surface area (Å²) >= 11 is 1.75. The number of H-pyrrole nitrogens is 1. The zero-order chi connectivity index (χ0) is 14.4. The standard InChI is InChI=1S/C15H23N3OS/c1-4-11(5-2)16-8-9-20-15-17-13-7-6-12(19-3)10-14(13)18-15/h6-7,10-11,16H,4-5,8-9H2,1-3H3,(H,17,18). The van der Waals surface area contributed by atoms with E-state index in [-0.39, 0.29) is 0 Å². The second-order valence-electron chi connectivity index (χ2n) is 4.74. The van der Waals surface area contributed by atoms with Crippen molar-refractivity contribution in [2.24, 2.45) is 0 Å². The molecule has 110 valence electrons. The molecule has 20 heavy (non-hydrogen) atoms. The van der Waals surface area contributed by atoms with E-state index in [4.69, 9.17) is 4.74 Å². The third kappa shape index (κ3) is 3.90. The quantitative estimate of drug-likeness (QED) is 0.578. The van der Waals surface area contributed by atoms with E-state index in [2.05, 4.69) is 29.1 Å². The van der Waals surface area contributed by atoms with Crippen molar-refractivity contribution in [1.82, 2.24) is 15.3 Å². The Kier molecular flexibility index (Phi) is 5.73. The Morgan fingerprint density at radius 1 is 1.35 bits per heavy atom. The third-order valence-electron chi connectivity index (χ3n) is 3.43. The molecule has 0 spiro atoms. The summed E-state index contributed by atoms with van der Waals surface area (Å²) in [5.74, 6) is 1.88. The summed E-state index contributed by atoms with van der Waals surface area (Å²) in [5, 5.41) is 4.53. The lowest BCUT2D eigenvalue weighted by Gasteiger charge is -2.13. The fraction of sp³-hybridized carbons (Fsp3) is 0.533.